The molecule has 6 heteroatoms. The summed E-state index contributed by atoms with van der Waals surface area (Å²) >= 11 is 6.09. The van der Waals surface area contributed by atoms with Crippen LogP contribution in [-0.2, 0) is 6.42 Å². The van der Waals surface area contributed by atoms with E-state index >= 15 is 0 Å². The van der Waals surface area contributed by atoms with Crippen molar-refractivity contribution in [2.75, 3.05) is 13.7 Å². The lowest BCUT2D eigenvalue weighted by molar-refractivity contribution is -0.385. The zero-order valence-corrected chi connectivity index (χ0v) is 12.6. The summed E-state index contributed by atoms with van der Waals surface area (Å²) in [7, 11) is 1.42. The molecule has 0 unspecified atom stereocenters. The molecule has 0 radical (unpaired) electrons. The standard InChI is InChI=1S/C16H13ClN2O3/c1-22-15-8-11(3-5-14(15)19(20)21)16-13-9-12(17)4-2-10(13)6-7-18-16/h2-5,8-9H,6-7H2,1H3. The normalized spacial score (nSPS) is 13.3. The minimum absolute atomic E-state index is 0.0611. The third-order valence-corrected chi connectivity index (χ3v) is 3.86. The molecule has 2 aromatic carbocycles. The first kappa shape index (κ1) is 14.5. The van der Waals surface area contributed by atoms with E-state index < -0.39 is 4.92 Å². The zero-order chi connectivity index (χ0) is 15.7. The minimum atomic E-state index is -0.462. The third kappa shape index (κ3) is 2.55. The van der Waals surface area contributed by atoms with Gasteiger partial charge < -0.3 is 4.74 Å². The number of nitro benzene ring substituents is 1. The van der Waals surface area contributed by atoms with Crippen LogP contribution in [0.15, 0.2) is 41.4 Å². The van der Waals surface area contributed by atoms with E-state index in [0.29, 0.717) is 11.6 Å². The lowest BCUT2D eigenvalue weighted by atomic mass is 9.93. The molecule has 0 fully saturated rings. The molecule has 5 nitrogen and oxygen atoms in total. The lowest BCUT2D eigenvalue weighted by Gasteiger charge is -2.18. The molecule has 0 saturated carbocycles. The van der Waals surface area contributed by atoms with Gasteiger partial charge >= 0.3 is 5.69 Å². The Bertz CT molecular complexity index is 787. The summed E-state index contributed by atoms with van der Waals surface area (Å²) in [5.41, 5.74) is 3.65. The molecule has 0 amide bonds. The first-order chi connectivity index (χ1) is 10.6. The second-order valence-electron chi connectivity index (χ2n) is 4.93. The summed E-state index contributed by atoms with van der Waals surface area (Å²) in [5.74, 6) is 0.222. The van der Waals surface area contributed by atoms with Gasteiger partial charge in [-0.15, -0.1) is 0 Å². The van der Waals surface area contributed by atoms with Crippen LogP contribution in [0.25, 0.3) is 0 Å². The number of aliphatic imine (C=N–C) groups is 1. The number of ether oxygens (including phenoxy) is 1. The van der Waals surface area contributed by atoms with Gasteiger partial charge in [-0.05, 0) is 36.2 Å². The van der Waals surface area contributed by atoms with Gasteiger partial charge in [-0.1, -0.05) is 17.7 Å². The molecule has 22 heavy (non-hydrogen) atoms. The van der Waals surface area contributed by atoms with E-state index in [1.54, 1.807) is 12.1 Å². The highest BCUT2D eigenvalue weighted by atomic mass is 35.5. The van der Waals surface area contributed by atoms with Crippen molar-refractivity contribution in [1.29, 1.82) is 0 Å². The van der Waals surface area contributed by atoms with Crippen LogP contribution in [0.1, 0.15) is 16.7 Å². The Morgan fingerprint density at radius 1 is 1.27 bits per heavy atom. The molecule has 0 saturated heterocycles. The van der Waals surface area contributed by atoms with Crippen molar-refractivity contribution in [3.05, 3.63) is 68.2 Å². The van der Waals surface area contributed by atoms with Crippen molar-refractivity contribution in [3.63, 3.8) is 0 Å². The molecule has 0 N–H and O–H groups in total. The molecule has 0 bridgehead atoms. The van der Waals surface area contributed by atoms with Gasteiger partial charge in [0.15, 0.2) is 5.75 Å². The fraction of sp³-hybridized carbons (Fsp3) is 0.188. The predicted octanol–water partition coefficient (Wildman–Crippen LogP) is 3.65. The van der Waals surface area contributed by atoms with E-state index in [0.717, 1.165) is 23.3 Å². The van der Waals surface area contributed by atoms with Gasteiger partial charge in [-0.2, -0.15) is 0 Å². The number of nitro groups is 1. The quantitative estimate of drug-likeness (QED) is 0.641. The highest BCUT2D eigenvalue weighted by molar-refractivity contribution is 6.31. The van der Waals surface area contributed by atoms with E-state index in [9.17, 15) is 10.1 Å². The smallest absolute Gasteiger partial charge is 0.310 e. The van der Waals surface area contributed by atoms with Crippen LogP contribution in [0.3, 0.4) is 0 Å². The maximum atomic E-state index is 11.0. The maximum absolute atomic E-state index is 11.0. The van der Waals surface area contributed by atoms with Crippen LogP contribution < -0.4 is 4.74 Å². The Balaban J connectivity index is 2.11. The number of methoxy groups -OCH3 is 1. The third-order valence-electron chi connectivity index (χ3n) is 3.63. The fourth-order valence-corrected chi connectivity index (χ4v) is 2.76. The summed E-state index contributed by atoms with van der Waals surface area (Å²) < 4.78 is 5.13. The SMILES string of the molecule is COc1cc(C2=NCCc3ccc(Cl)cc32)ccc1[N+](=O)[O-]. The van der Waals surface area contributed by atoms with Crippen LogP contribution in [0, 0.1) is 10.1 Å². The van der Waals surface area contributed by atoms with Crippen molar-refractivity contribution in [2.45, 2.75) is 6.42 Å². The molecule has 0 atom stereocenters. The molecule has 112 valence electrons. The van der Waals surface area contributed by atoms with E-state index in [1.807, 2.05) is 18.2 Å². The maximum Gasteiger partial charge on any atom is 0.310 e. The Kier molecular flexibility index (Phi) is 3.81. The summed E-state index contributed by atoms with van der Waals surface area (Å²) in [5, 5.41) is 11.6. The summed E-state index contributed by atoms with van der Waals surface area (Å²) in [6.07, 6.45) is 0.861. The van der Waals surface area contributed by atoms with Gasteiger partial charge in [0, 0.05) is 28.8 Å². The average molecular weight is 317 g/mol. The molecule has 3 rings (SSSR count). The van der Waals surface area contributed by atoms with E-state index in [2.05, 4.69) is 4.99 Å². The molecular formula is C16H13ClN2O3. The molecular weight excluding hydrogens is 304 g/mol. The average Bonchev–Trinajstić information content (AvgIpc) is 2.53. The van der Waals surface area contributed by atoms with E-state index in [-0.39, 0.29) is 11.4 Å². The first-order valence-corrected chi connectivity index (χ1v) is 7.14. The number of halogens is 1. The zero-order valence-electron chi connectivity index (χ0n) is 11.9. The Hall–Kier alpha value is -2.40. The highest BCUT2D eigenvalue weighted by Gasteiger charge is 2.20. The van der Waals surface area contributed by atoms with Gasteiger partial charge in [0.2, 0.25) is 0 Å². The Labute approximate surface area is 132 Å². The number of fused-ring (bicyclic) bond motifs is 1. The van der Waals surface area contributed by atoms with Gasteiger partial charge in [0.1, 0.15) is 0 Å². The molecule has 1 aliphatic heterocycles. The first-order valence-electron chi connectivity index (χ1n) is 6.76. The summed E-state index contributed by atoms with van der Waals surface area (Å²) in [6, 6.07) is 10.5. The predicted molar refractivity (Wildman–Crippen MR) is 85.3 cm³/mol. The second-order valence-corrected chi connectivity index (χ2v) is 5.36. The van der Waals surface area contributed by atoms with Crippen LogP contribution in [0.5, 0.6) is 5.75 Å². The van der Waals surface area contributed by atoms with E-state index in [4.69, 9.17) is 16.3 Å². The van der Waals surface area contributed by atoms with E-state index in [1.165, 1.54) is 18.7 Å². The number of hydrogen-bond acceptors (Lipinski definition) is 4. The largest absolute Gasteiger partial charge is 0.490 e. The molecule has 0 spiro atoms. The number of nitrogens with zero attached hydrogens (tertiary/aromatic N) is 2. The van der Waals surface area contributed by atoms with Gasteiger partial charge in [0.25, 0.3) is 0 Å². The Morgan fingerprint density at radius 3 is 2.82 bits per heavy atom. The van der Waals surface area contributed by atoms with Crippen LogP contribution in [0.2, 0.25) is 5.02 Å². The van der Waals surface area contributed by atoms with Crippen molar-refractivity contribution in [3.8, 4) is 5.75 Å². The second kappa shape index (κ2) is 5.77. The summed E-state index contributed by atoms with van der Waals surface area (Å²) in [6.45, 7) is 0.684. The topological polar surface area (TPSA) is 64.7 Å². The molecule has 1 heterocycles. The van der Waals surface area contributed by atoms with Crippen molar-refractivity contribution in [1.82, 2.24) is 0 Å². The van der Waals surface area contributed by atoms with Crippen molar-refractivity contribution < 1.29 is 9.66 Å². The minimum Gasteiger partial charge on any atom is -0.490 e. The molecule has 2 aromatic rings. The monoisotopic (exact) mass is 316 g/mol. The van der Waals surface area contributed by atoms with Crippen LogP contribution in [0.4, 0.5) is 5.69 Å². The molecule has 1 aliphatic rings. The van der Waals surface area contributed by atoms with Gasteiger partial charge in [0.05, 0.1) is 17.7 Å². The number of rotatable bonds is 3. The van der Waals surface area contributed by atoms with Crippen LogP contribution >= 0.6 is 11.6 Å². The summed E-state index contributed by atoms with van der Waals surface area (Å²) in [4.78, 5) is 15.1. The van der Waals surface area contributed by atoms with Gasteiger partial charge in [-0.25, -0.2) is 0 Å². The number of hydrogen-bond donors (Lipinski definition) is 0. The number of benzene rings is 2. The van der Waals surface area contributed by atoms with Gasteiger partial charge in [-0.3, -0.25) is 15.1 Å². The fourth-order valence-electron chi connectivity index (χ4n) is 2.58. The highest BCUT2D eigenvalue weighted by Crippen LogP contribution is 2.30. The van der Waals surface area contributed by atoms with Crippen molar-refractivity contribution in [2.24, 2.45) is 4.99 Å². The van der Waals surface area contributed by atoms with Crippen LogP contribution in [-0.4, -0.2) is 24.3 Å². The lowest BCUT2D eigenvalue weighted by Crippen LogP contribution is -2.14. The van der Waals surface area contributed by atoms with Crippen molar-refractivity contribution >= 4 is 23.0 Å². The molecule has 0 aliphatic carbocycles. The Morgan fingerprint density at radius 2 is 2.09 bits per heavy atom. The molecule has 0 aromatic heterocycles.